The van der Waals surface area contributed by atoms with E-state index in [1.165, 1.54) is 10.9 Å². The summed E-state index contributed by atoms with van der Waals surface area (Å²) in [6, 6.07) is 5.23. The molecule has 0 radical (unpaired) electrons. The van der Waals surface area contributed by atoms with Crippen LogP contribution in [0.25, 0.3) is 11.1 Å². The smallest absolute Gasteiger partial charge is 0.246 e. The highest BCUT2D eigenvalue weighted by Crippen LogP contribution is 2.19. The van der Waals surface area contributed by atoms with E-state index >= 15 is 0 Å². The molecular formula is C15H16N6O3. The highest BCUT2D eigenvalue weighted by atomic mass is 16.3. The molecule has 124 valence electrons. The third-order valence-electron chi connectivity index (χ3n) is 3.21. The standard InChI is InChI=1S/C15H16N6O3/c1-3-14(22)18-13-7-21(20-19-13)8-15(23)17-10-4-5-11-12(6-10)24-9(2)16-11/h4-7H,3,8H2,1-2H3,(H,17,23)(H,18,22). The molecule has 0 saturated carbocycles. The molecule has 0 aliphatic rings. The average Bonchev–Trinajstić information content (AvgIpc) is 3.11. The summed E-state index contributed by atoms with van der Waals surface area (Å²) >= 11 is 0. The molecule has 0 aliphatic carbocycles. The van der Waals surface area contributed by atoms with Crippen molar-refractivity contribution in [3.05, 3.63) is 30.3 Å². The van der Waals surface area contributed by atoms with E-state index in [9.17, 15) is 9.59 Å². The van der Waals surface area contributed by atoms with E-state index in [1.54, 1.807) is 32.0 Å². The predicted octanol–water partition coefficient (Wildman–Crippen LogP) is 1.71. The Hall–Kier alpha value is -3.23. The van der Waals surface area contributed by atoms with Crippen molar-refractivity contribution >= 4 is 34.4 Å². The van der Waals surface area contributed by atoms with E-state index in [0.29, 0.717) is 29.4 Å². The lowest BCUT2D eigenvalue weighted by Crippen LogP contribution is -2.19. The molecular weight excluding hydrogens is 312 g/mol. The summed E-state index contributed by atoms with van der Waals surface area (Å²) in [5.41, 5.74) is 1.94. The van der Waals surface area contributed by atoms with Gasteiger partial charge in [-0.1, -0.05) is 12.1 Å². The highest BCUT2D eigenvalue weighted by Gasteiger charge is 2.09. The van der Waals surface area contributed by atoms with Gasteiger partial charge in [0, 0.05) is 25.1 Å². The first-order valence-corrected chi connectivity index (χ1v) is 7.40. The van der Waals surface area contributed by atoms with Crippen molar-refractivity contribution in [1.29, 1.82) is 0 Å². The van der Waals surface area contributed by atoms with Crippen LogP contribution < -0.4 is 10.6 Å². The number of rotatable bonds is 5. The van der Waals surface area contributed by atoms with E-state index in [1.807, 2.05) is 0 Å². The van der Waals surface area contributed by atoms with Gasteiger partial charge in [0.05, 0.1) is 6.20 Å². The van der Waals surface area contributed by atoms with Crippen LogP contribution in [0.1, 0.15) is 19.2 Å². The Labute approximate surface area is 137 Å². The fourth-order valence-corrected chi connectivity index (χ4v) is 2.13. The molecule has 0 atom stereocenters. The zero-order valence-electron chi connectivity index (χ0n) is 13.2. The third kappa shape index (κ3) is 3.57. The Morgan fingerprint density at radius 1 is 1.25 bits per heavy atom. The Morgan fingerprint density at radius 3 is 2.88 bits per heavy atom. The maximum atomic E-state index is 12.1. The van der Waals surface area contributed by atoms with Gasteiger partial charge in [-0.2, -0.15) is 0 Å². The SMILES string of the molecule is CCC(=O)Nc1cn(CC(=O)Nc2ccc3nc(C)oc3c2)nn1. The number of hydrogen-bond acceptors (Lipinski definition) is 6. The second-order valence-electron chi connectivity index (χ2n) is 5.17. The summed E-state index contributed by atoms with van der Waals surface area (Å²) in [5, 5.41) is 12.9. The molecule has 2 amide bonds. The van der Waals surface area contributed by atoms with Crippen molar-refractivity contribution in [3.8, 4) is 0 Å². The highest BCUT2D eigenvalue weighted by molar-refractivity contribution is 5.92. The number of fused-ring (bicyclic) bond motifs is 1. The average molecular weight is 328 g/mol. The lowest BCUT2D eigenvalue weighted by molar-refractivity contribution is -0.117. The number of amides is 2. The van der Waals surface area contributed by atoms with Crippen LogP contribution >= 0.6 is 0 Å². The first-order valence-electron chi connectivity index (χ1n) is 7.40. The zero-order chi connectivity index (χ0) is 17.1. The van der Waals surface area contributed by atoms with Crippen molar-refractivity contribution in [1.82, 2.24) is 20.0 Å². The number of anilines is 2. The van der Waals surface area contributed by atoms with Gasteiger partial charge in [-0.05, 0) is 12.1 Å². The number of aromatic nitrogens is 4. The minimum absolute atomic E-state index is 0.0253. The van der Waals surface area contributed by atoms with Gasteiger partial charge in [0.2, 0.25) is 11.8 Å². The minimum Gasteiger partial charge on any atom is -0.441 e. The number of nitrogens with one attached hydrogen (secondary N) is 2. The molecule has 0 aliphatic heterocycles. The Kier molecular flexibility index (Phi) is 4.23. The molecule has 2 N–H and O–H groups in total. The number of carbonyl (C=O) groups excluding carboxylic acids is 2. The van der Waals surface area contributed by atoms with E-state index in [4.69, 9.17) is 4.42 Å². The van der Waals surface area contributed by atoms with Gasteiger partial charge >= 0.3 is 0 Å². The van der Waals surface area contributed by atoms with Crippen molar-refractivity contribution in [3.63, 3.8) is 0 Å². The molecule has 9 nitrogen and oxygen atoms in total. The second kappa shape index (κ2) is 6.49. The van der Waals surface area contributed by atoms with Gasteiger partial charge in [0.1, 0.15) is 12.1 Å². The molecule has 0 bridgehead atoms. The van der Waals surface area contributed by atoms with Crippen molar-refractivity contribution in [2.45, 2.75) is 26.8 Å². The normalized spacial score (nSPS) is 10.8. The summed E-state index contributed by atoms with van der Waals surface area (Å²) in [4.78, 5) is 27.6. The topological polar surface area (TPSA) is 115 Å². The Morgan fingerprint density at radius 2 is 2.08 bits per heavy atom. The molecule has 24 heavy (non-hydrogen) atoms. The quantitative estimate of drug-likeness (QED) is 0.737. The van der Waals surface area contributed by atoms with Crippen molar-refractivity contribution in [2.75, 3.05) is 10.6 Å². The van der Waals surface area contributed by atoms with Gasteiger partial charge in [0.15, 0.2) is 17.3 Å². The summed E-state index contributed by atoms with van der Waals surface area (Å²) in [5.74, 6) is 0.442. The monoisotopic (exact) mass is 328 g/mol. The van der Waals surface area contributed by atoms with Crippen LogP contribution in [0.5, 0.6) is 0 Å². The predicted molar refractivity (Wildman–Crippen MR) is 86.3 cm³/mol. The molecule has 0 saturated heterocycles. The van der Waals surface area contributed by atoms with Crippen LogP contribution in [0.3, 0.4) is 0 Å². The molecule has 0 fully saturated rings. The van der Waals surface area contributed by atoms with Crippen LogP contribution in [-0.4, -0.2) is 31.8 Å². The lowest BCUT2D eigenvalue weighted by atomic mass is 10.3. The van der Waals surface area contributed by atoms with E-state index in [2.05, 4.69) is 25.9 Å². The zero-order valence-corrected chi connectivity index (χ0v) is 13.2. The summed E-state index contributed by atoms with van der Waals surface area (Å²) in [7, 11) is 0. The molecule has 3 aromatic rings. The number of nitrogens with zero attached hydrogens (tertiary/aromatic N) is 4. The fraction of sp³-hybridized carbons (Fsp3) is 0.267. The molecule has 2 heterocycles. The maximum Gasteiger partial charge on any atom is 0.246 e. The van der Waals surface area contributed by atoms with Gasteiger partial charge in [-0.15, -0.1) is 5.10 Å². The molecule has 3 rings (SSSR count). The van der Waals surface area contributed by atoms with Crippen LogP contribution in [0.2, 0.25) is 0 Å². The molecule has 1 aromatic carbocycles. The lowest BCUT2D eigenvalue weighted by Gasteiger charge is -2.04. The van der Waals surface area contributed by atoms with E-state index in [-0.39, 0.29) is 18.4 Å². The summed E-state index contributed by atoms with van der Waals surface area (Å²) < 4.78 is 6.77. The van der Waals surface area contributed by atoms with Gasteiger partial charge in [-0.3, -0.25) is 9.59 Å². The first-order chi connectivity index (χ1) is 11.5. The Balaban J connectivity index is 1.63. The van der Waals surface area contributed by atoms with Crippen molar-refractivity contribution in [2.24, 2.45) is 0 Å². The number of benzene rings is 1. The van der Waals surface area contributed by atoms with E-state index < -0.39 is 0 Å². The van der Waals surface area contributed by atoms with Gasteiger partial charge in [0.25, 0.3) is 0 Å². The Bertz CT molecular complexity index is 898. The number of oxazole rings is 1. The van der Waals surface area contributed by atoms with Crippen LogP contribution in [0.15, 0.2) is 28.8 Å². The molecule has 2 aromatic heterocycles. The number of aryl methyl sites for hydroxylation is 1. The number of carbonyl (C=O) groups is 2. The van der Waals surface area contributed by atoms with Crippen LogP contribution in [-0.2, 0) is 16.1 Å². The molecule has 0 unspecified atom stereocenters. The summed E-state index contributed by atoms with van der Waals surface area (Å²) in [6.07, 6.45) is 1.84. The summed E-state index contributed by atoms with van der Waals surface area (Å²) in [6.45, 7) is 3.47. The van der Waals surface area contributed by atoms with Crippen molar-refractivity contribution < 1.29 is 14.0 Å². The van der Waals surface area contributed by atoms with Gasteiger partial charge < -0.3 is 15.1 Å². The maximum absolute atomic E-state index is 12.1. The second-order valence-corrected chi connectivity index (χ2v) is 5.17. The van der Waals surface area contributed by atoms with Crippen LogP contribution in [0.4, 0.5) is 11.5 Å². The fourth-order valence-electron chi connectivity index (χ4n) is 2.13. The first kappa shape index (κ1) is 15.7. The van der Waals surface area contributed by atoms with E-state index in [0.717, 1.165) is 5.52 Å². The molecule has 0 spiro atoms. The third-order valence-corrected chi connectivity index (χ3v) is 3.21. The minimum atomic E-state index is -0.274. The van der Waals surface area contributed by atoms with Gasteiger partial charge in [-0.25, -0.2) is 9.67 Å². The van der Waals surface area contributed by atoms with Crippen LogP contribution in [0, 0.1) is 6.92 Å². The molecule has 9 heteroatoms. The largest absolute Gasteiger partial charge is 0.441 e. The number of hydrogen-bond donors (Lipinski definition) is 2.